The molecular formula is C20H25N5. The number of para-hydroxylation sites is 2. The fraction of sp³-hybridized carbons (Fsp3) is 0.300. The third-order valence-electron chi connectivity index (χ3n) is 4.00. The van der Waals surface area contributed by atoms with Crippen molar-refractivity contribution < 1.29 is 0 Å². The topological polar surface area (TPSA) is 54.2 Å². The van der Waals surface area contributed by atoms with Gasteiger partial charge in [-0.2, -0.15) is 0 Å². The SMILES string of the molecule is CCNC(=NCc1ccccc1)NCCCn1cnc2ccccc21. The zero-order chi connectivity index (χ0) is 17.3. The fourth-order valence-electron chi connectivity index (χ4n) is 2.74. The van der Waals surface area contributed by atoms with Gasteiger partial charge in [-0.3, -0.25) is 0 Å². The van der Waals surface area contributed by atoms with E-state index in [2.05, 4.69) is 56.4 Å². The highest BCUT2D eigenvalue weighted by atomic mass is 15.2. The van der Waals surface area contributed by atoms with Crippen molar-refractivity contribution >= 4 is 17.0 Å². The Labute approximate surface area is 148 Å². The minimum Gasteiger partial charge on any atom is -0.357 e. The van der Waals surface area contributed by atoms with E-state index in [1.807, 2.05) is 36.7 Å². The highest BCUT2D eigenvalue weighted by molar-refractivity contribution is 5.79. The second-order valence-corrected chi connectivity index (χ2v) is 5.89. The molecule has 0 unspecified atom stereocenters. The van der Waals surface area contributed by atoms with Gasteiger partial charge in [0.25, 0.3) is 0 Å². The Morgan fingerprint density at radius 2 is 1.84 bits per heavy atom. The number of benzene rings is 2. The van der Waals surface area contributed by atoms with E-state index in [9.17, 15) is 0 Å². The van der Waals surface area contributed by atoms with E-state index < -0.39 is 0 Å². The summed E-state index contributed by atoms with van der Waals surface area (Å²) < 4.78 is 2.20. The van der Waals surface area contributed by atoms with Gasteiger partial charge in [0.15, 0.2) is 5.96 Å². The molecule has 2 N–H and O–H groups in total. The third kappa shape index (κ3) is 4.83. The number of nitrogens with one attached hydrogen (secondary N) is 2. The molecule has 0 spiro atoms. The van der Waals surface area contributed by atoms with Gasteiger partial charge in [0.2, 0.25) is 0 Å². The quantitative estimate of drug-likeness (QED) is 0.396. The van der Waals surface area contributed by atoms with E-state index in [1.165, 1.54) is 11.1 Å². The number of aromatic nitrogens is 2. The Hall–Kier alpha value is -2.82. The van der Waals surface area contributed by atoms with Crippen LogP contribution in [0.3, 0.4) is 0 Å². The second kappa shape index (κ2) is 8.87. The molecule has 0 amide bonds. The van der Waals surface area contributed by atoms with Gasteiger partial charge >= 0.3 is 0 Å². The van der Waals surface area contributed by atoms with Gasteiger partial charge in [0.05, 0.1) is 23.9 Å². The van der Waals surface area contributed by atoms with Crippen LogP contribution in [0.2, 0.25) is 0 Å². The van der Waals surface area contributed by atoms with Crippen LogP contribution in [0.1, 0.15) is 18.9 Å². The van der Waals surface area contributed by atoms with Crippen LogP contribution in [0.25, 0.3) is 11.0 Å². The average molecular weight is 335 g/mol. The smallest absolute Gasteiger partial charge is 0.191 e. The van der Waals surface area contributed by atoms with Crippen LogP contribution in [0, 0.1) is 0 Å². The lowest BCUT2D eigenvalue weighted by Gasteiger charge is -2.11. The molecule has 1 aromatic heterocycles. The van der Waals surface area contributed by atoms with Crippen molar-refractivity contribution in [3.8, 4) is 0 Å². The molecule has 5 heteroatoms. The Kier molecular flexibility index (Phi) is 6.04. The molecule has 3 aromatic rings. The maximum atomic E-state index is 4.64. The van der Waals surface area contributed by atoms with Crippen LogP contribution in [-0.2, 0) is 13.1 Å². The van der Waals surface area contributed by atoms with E-state index in [0.717, 1.165) is 37.5 Å². The lowest BCUT2D eigenvalue weighted by Crippen LogP contribution is -2.38. The first kappa shape index (κ1) is 17.0. The first-order valence-electron chi connectivity index (χ1n) is 8.83. The Balaban J connectivity index is 1.50. The fourth-order valence-corrected chi connectivity index (χ4v) is 2.74. The number of imidazole rings is 1. The molecule has 0 fully saturated rings. The molecule has 0 saturated heterocycles. The Morgan fingerprint density at radius 3 is 2.68 bits per heavy atom. The Bertz CT molecular complexity index is 807. The molecule has 0 radical (unpaired) electrons. The van der Waals surface area contributed by atoms with E-state index in [0.29, 0.717) is 6.54 Å². The highest BCUT2D eigenvalue weighted by Gasteiger charge is 2.01. The largest absolute Gasteiger partial charge is 0.357 e. The first-order valence-corrected chi connectivity index (χ1v) is 8.83. The molecule has 3 rings (SSSR count). The summed E-state index contributed by atoms with van der Waals surface area (Å²) in [6.45, 7) is 5.42. The van der Waals surface area contributed by atoms with Gasteiger partial charge in [0, 0.05) is 19.6 Å². The number of nitrogens with zero attached hydrogens (tertiary/aromatic N) is 3. The van der Waals surface area contributed by atoms with Crippen molar-refractivity contribution in [3.63, 3.8) is 0 Å². The van der Waals surface area contributed by atoms with Crippen molar-refractivity contribution in [2.45, 2.75) is 26.4 Å². The molecule has 0 aliphatic carbocycles. The van der Waals surface area contributed by atoms with Crippen molar-refractivity contribution in [2.24, 2.45) is 4.99 Å². The number of aryl methyl sites for hydroxylation is 1. The summed E-state index contributed by atoms with van der Waals surface area (Å²) in [5.41, 5.74) is 3.45. The van der Waals surface area contributed by atoms with Gasteiger partial charge in [0.1, 0.15) is 0 Å². The van der Waals surface area contributed by atoms with Crippen molar-refractivity contribution in [3.05, 3.63) is 66.5 Å². The standard InChI is InChI=1S/C20H25N5/c1-2-21-20(23-15-17-9-4-3-5-10-17)22-13-8-14-25-16-24-18-11-6-7-12-19(18)25/h3-7,9-12,16H,2,8,13-15H2,1H3,(H2,21,22,23). The van der Waals surface area contributed by atoms with Crippen LogP contribution in [0.4, 0.5) is 0 Å². The monoisotopic (exact) mass is 335 g/mol. The van der Waals surface area contributed by atoms with Gasteiger partial charge in [-0.1, -0.05) is 42.5 Å². The maximum absolute atomic E-state index is 4.64. The summed E-state index contributed by atoms with van der Waals surface area (Å²) >= 11 is 0. The van der Waals surface area contributed by atoms with E-state index in [-0.39, 0.29) is 0 Å². The molecule has 1 heterocycles. The second-order valence-electron chi connectivity index (χ2n) is 5.89. The minimum atomic E-state index is 0.683. The summed E-state index contributed by atoms with van der Waals surface area (Å²) in [6, 6.07) is 18.5. The summed E-state index contributed by atoms with van der Waals surface area (Å²) in [4.78, 5) is 9.07. The van der Waals surface area contributed by atoms with Crippen LogP contribution >= 0.6 is 0 Å². The zero-order valence-corrected chi connectivity index (χ0v) is 14.7. The third-order valence-corrected chi connectivity index (χ3v) is 4.00. The molecule has 2 aromatic carbocycles. The van der Waals surface area contributed by atoms with E-state index >= 15 is 0 Å². The molecular weight excluding hydrogens is 310 g/mol. The predicted molar refractivity (Wildman–Crippen MR) is 104 cm³/mol. The van der Waals surface area contributed by atoms with Crippen molar-refractivity contribution in [1.29, 1.82) is 0 Å². The molecule has 0 aliphatic rings. The lowest BCUT2D eigenvalue weighted by molar-refractivity contribution is 0.637. The first-order chi connectivity index (χ1) is 12.4. The molecule has 5 nitrogen and oxygen atoms in total. The summed E-state index contributed by atoms with van der Waals surface area (Å²) in [6.07, 6.45) is 2.93. The van der Waals surface area contributed by atoms with Gasteiger partial charge in [-0.15, -0.1) is 0 Å². The average Bonchev–Trinajstić information content (AvgIpc) is 3.07. The predicted octanol–water partition coefficient (Wildman–Crippen LogP) is 3.18. The zero-order valence-electron chi connectivity index (χ0n) is 14.7. The molecule has 0 bridgehead atoms. The van der Waals surface area contributed by atoms with Crippen LogP contribution in [-0.4, -0.2) is 28.6 Å². The number of rotatable bonds is 7. The van der Waals surface area contributed by atoms with Crippen molar-refractivity contribution in [2.75, 3.05) is 13.1 Å². The summed E-state index contributed by atoms with van der Waals surface area (Å²) in [7, 11) is 0. The van der Waals surface area contributed by atoms with Crippen molar-refractivity contribution in [1.82, 2.24) is 20.2 Å². The van der Waals surface area contributed by atoms with Gasteiger partial charge < -0.3 is 15.2 Å². The van der Waals surface area contributed by atoms with Crippen LogP contribution in [0.5, 0.6) is 0 Å². The molecule has 130 valence electrons. The maximum Gasteiger partial charge on any atom is 0.191 e. The summed E-state index contributed by atoms with van der Waals surface area (Å²) in [5.74, 6) is 0.863. The normalized spacial score (nSPS) is 11.6. The number of fused-ring (bicyclic) bond motifs is 1. The highest BCUT2D eigenvalue weighted by Crippen LogP contribution is 2.11. The van der Waals surface area contributed by atoms with E-state index in [4.69, 9.17) is 0 Å². The number of hydrogen-bond acceptors (Lipinski definition) is 2. The Morgan fingerprint density at radius 1 is 1.04 bits per heavy atom. The molecule has 25 heavy (non-hydrogen) atoms. The molecule has 0 saturated carbocycles. The minimum absolute atomic E-state index is 0.683. The number of aliphatic imine (C=N–C) groups is 1. The molecule has 0 aliphatic heterocycles. The van der Waals surface area contributed by atoms with E-state index in [1.54, 1.807) is 0 Å². The summed E-state index contributed by atoms with van der Waals surface area (Å²) in [5, 5.41) is 6.70. The van der Waals surface area contributed by atoms with Crippen LogP contribution < -0.4 is 10.6 Å². The van der Waals surface area contributed by atoms with Crippen LogP contribution in [0.15, 0.2) is 65.9 Å². The number of hydrogen-bond donors (Lipinski definition) is 2. The van der Waals surface area contributed by atoms with Gasteiger partial charge in [-0.25, -0.2) is 9.98 Å². The number of guanidine groups is 1. The molecule has 0 atom stereocenters. The lowest BCUT2D eigenvalue weighted by atomic mass is 10.2. The van der Waals surface area contributed by atoms with Gasteiger partial charge in [-0.05, 0) is 31.0 Å².